The predicted molar refractivity (Wildman–Crippen MR) is 240 cm³/mol. The molecule has 0 fully saturated rings. The fraction of sp³-hybridized carbons (Fsp3) is 0.809. The summed E-state index contributed by atoms with van der Waals surface area (Å²) in [5.41, 5.74) is 0. The molecular formula is C47H86NO10P. The first-order valence-corrected chi connectivity index (χ1v) is 25.0. The first-order valence-electron chi connectivity index (χ1n) is 23.5. The molecule has 0 spiro atoms. The number of rotatable bonds is 44. The molecular weight excluding hydrogens is 769 g/mol. The molecule has 0 aromatic carbocycles. The summed E-state index contributed by atoms with van der Waals surface area (Å²) >= 11 is 0. The predicted octanol–water partition coefficient (Wildman–Crippen LogP) is 12.4. The highest BCUT2D eigenvalue weighted by molar-refractivity contribution is 7.47. The number of carboxylic acid groups (broad SMARTS) is 1. The number of aliphatic hydroxyl groups excluding tert-OH is 1. The number of amides is 1. The van der Waals surface area contributed by atoms with Gasteiger partial charge >= 0.3 is 19.8 Å². The molecule has 3 atom stereocenters. The van der Waals surface area contributed by atoms with Gasteiger partial charge in [0.05, 0.1) is 13.2 Å². The number of esters is 1. The highest BCUT2D eigenvalue weighted by Gasteiger charge is 2.28. The Labute approximate surface area is 359 Å². The van der Waals surface area contributed by atoms with E-state index in [1.165, 1.54) is 103 Å². The highest BCUT2D eigenvalue weighted by atomic mass is 31.2. The van der Waals surface area contributed by atoms with Gasteiger partial charge in [0.1, 0.15) is 12.7 Å². The van der Waals surface area contributed by atoms with Gasteiger partial charge in [0.2, 0.25) is 5.91 Å². The molecule has 3 unspecified atom stereocenters. The minimum atomic E-state index is -4.76. The Hall–Kier alpha value is -2.30. The Balaban J connectivity index is 3.89. The van der Waals surface area contributed by atoms with E-state index < -0.39 is 57.6 Å². The zero-order chi connectivity index (χ0) is 43.5. The van der Waals surface area contributed by atoms with Gasteiger partial charge < -0.3 is 25.2 Å². The summed E-state index contributed by atoms with van der Waals surface area (Å²) in [4.78, 5) is 46.0. The Kier molecular flexibility index (Phi) is 40.7. The molecule has 11 nitrogen and oxygen atoms in total. The van der Waals surface area contributed by atoms with Crippen molar-refractivity contribution >= 4 is 25.7 Å². The van der Waals surface area contributed by atoms with Crippen LogP contribution in [0.5, 0.6) is 0 Å². The fourth-order valence-electron chi connectivity index (χ4n) is 6.50. The summed E-state index contributed by atoms with van der Waals surface area (Å²) < 4.78 is 26.9. The number of carbonyl (C=O) groups is 3. The molecule has 1 amide bonds. The maximum Gasteiger partial charge on any atom is 0.472 e. The Morgan fingerprint density at radius 3 is 1.42 bits per heavy atom. The van der Waals surface area contributed by atoms with Gasteiger partial charge in [-0.05, 0) is 51.4 Å². The Bertz CT molecular complexity index is 1140. The van der Waals surface area contributed by atoms with Crippen LogP contribution in [0.2, 0.25) is 0 Å². The van der Waals surface area contributed by atoms with Gasteiger partial charge in [-0.25, -0.2) is 9.36 Å². The highest BCUT2D eigenvalue weighted by Crippen LogP contribution is 2.43. The molecule has 59 heavy (non-hydrogen) atoms. The van der Waals surface area contributed by atoms with Crippen LogP contribution in [0.1, 0.15) is 213 Å². The van der Waals surface area contributed by atoms with Crippen molar-refractivity contribution in [3.8, 4) is 0 Å². The van der Waals surface area contributed by atoms with Crippen molar-refractivity contribution in [3.05, 3.63) is 36.5 Å². The summed E-state index contributed by atoms with van der Waals surface area (Å²) in [7, 11) is -4.76. The van der Waals surface area contributed by atoms with Gasteiger partial charge in [0.25, 0.3) is 0 Å². The summed E-state index contributed by atoms with van der Waals surface area (Å²) in [6, 6.07) is -1.55. The van der Waals surface area contributed by atoms with Crippen LogP contribution in [-0.4, -0.2) is 64.9 Å². The van der Waals surface area contributed by atoms with Crippen molar-refractivity contribution in [2.24, 2.45) is 0 Å². The average molecular weight is 856 g/mol. The van der Waals surface area contributed by atoms with Crippen LogP contribution >= 0.6 is 7.82 Å². The van der Waals surface area contributed by atoms with E-state index in [-0.39, 0.29) is 12.8 Å². The maximum absolute atomic E-state index is 12.3. The molecule has 0 aromatic heterocycles. The van der Waals surface area contributed by atoms with E-state index in [1.807, 2.05) is 0 Å². The number of hydrogen-bond acceptors (Lipinski definition) is 8. The smallest absolute Gasteiger partial charge is 0.472 e. The van der Waals surface area contributed by atoms with E-state index in [0.29, 0.717) is 12.8 Å². The Morgan fingerprint density at radius 1 is 0.542 bits per heavy atom. The van der Waals surface area contributed by atoms with Gasteiger partial charge in [-0.15, -0.1) is 0 Å². The minimum Gasteiger partial charge on any atom is -0.480 e. The summed E-state index contributed by atoms with van der Waals surface area (Å²) in [5.74, 6) is -2.38. The van der Waals surface area contributed by atoms with Crippen LogP contribution in [-0.2, 0) is 32.7 Å². The average Bonchev–Trinajstić information content (AvgIpc) is 3.21. The van der Waals surface area contributed by atoms with Crippen molar-refractivity contribution in [1.29, 1.82) is 0 Å². The molecule has 0 radical (unpaired) electrons. The third kappa shape index (κ3) is 42.2. The second-order valence-electron chi connectivity index (χ2n) is 15.9. The van der Waals surface area contributed by atoms with Crippen LogP contribution in [0.25, 0.3) is 0 Å². The molecule has 0 saturated carbocycles. The summed E-state index contributed by atoms with van der Waals surface area (Å²) in [6.45, 7) is 2.58. The number of carbonyl (C=O) groups excluding carboxylic acids is 2. The topological polar surface area (TPSA) is 169 Å². The molecule has 0 saturated heterocycles. The molecule has 0 heterocycles. The zero-order valence-electron chi connectivity index (χ0n) is 37.3. The van der Waals surface area contributed by atoms with Crippen molar-refractivity contribution in [2.75, 3.05) is 19.8 Å². The van der Waals surface area contributed by atoms with E-state index in [1.54, 1.807) is 0 Å². The minimum absolute atomic E-state index is 0.131. The number of carboxylic acids is 1. The summed E-state index contributed by atoms with van der Waals surface area (Å²) in [5, 5.41) is 21.9. The molecule has 0 aromatic rings. The molecule has 12 heteroatoms. The van der Waals surface area contributed by atoms with E-state index in [9.17, 15) is 34.1 Å². The molecule has 0 aliphatic heterocycles. The lowest BCUT2D eigenvalue weighted by molar-refractivity contribution is -0.147. The number of phosphoric ester groups is 1. The SMILES string of the molecule is CCCCC/C=C\C/C=C\C/C=C\CCCCCCCCC(=O)NC(COP(=O)(O)OCC(O)COC(=O)CCCCCCCCCCCCCCCCCC)C(=O)O. The standard InChI is InChI=1S/C47H86NO10P/c1-3-5-7-9-11-13-15-17-19-21-22-23-24-26-28-30-32-34-36-38-45(50)48-44(47(52)53)42-58-59(54,55)57-41-43(49)40-56-46(51)39-37-35-33-31-29-27-25-20-18-16-14-12-10-8-6-4-2/h11,13,17,19,22-23,43-44,49H,3-10,12,14-16,18,20-21,24-42H2,1-2H3,(H,48,50)(H,52,53)(H,54,55)/b13-11-,19-17-,23-22-. The largest absolute Gasteiger partial charge is 0.480 e. The number of aliphatic hydroxyl groups is 1. The van der Waals surface area contributed by atoms with Gasteiger partial charge in [-0.3, -0.25) is 18.6 Å². The molecule has 344 valence electrons. The van der Waals surface area contributed by atoms with Crippen LogP contribution in [0, 0.1) is 0 Å². The molecule has 0 bridgehead atoms. The van der Waals surface area contributed by atoms with Crippen molar-refractivity contribution in [1.82, 2.24) is 5.32 Å². The lowest BCUT2D eigenvalue weighted by atomic mass is 10.0. The van der Waals surface area contributed by atoms with Crippen LogP contribution < -0.4 is 5.32 Å². The molecule has 4 N–H and O–H groups in total. The molecule has 0 aliphatic rings. The normalized spacial score (nSPS) is 14.0. The lowest BCUT2D eigenvalue weighted by Crippen LogP contribution is -2.43. The van der Waals surface area contributed by atoms with Crippen molar-refractivity contribution < 1.29 is 47.8 Å². The van der Waals surface area contributed by atoms with Gasteiger partial charge in [-0.2, -0.15) is 0 Å². The maximum atomic E-state index is 12.3. The van der Waals surface area contributed by atoms with Crippen LogP contribution in [0.4, 0.5) is 0 Å². The second-order valence-corrected chi connectivity index (χ2v) is 17.4. The van der Waals surface area contributed by atoms with E-state index in [2.05, 4.69) is 55.6 Å². The fourth-order valence-corrected chi connectivity index (χ4v) is 7.27. The number of aliphatic carboxylic acids is 1. The van der Waals surface area contributed by atoms with Crippen molar-refractivity contribution in [3.63, 3.8) is 0 Å². The Morgan fingerprint density at radius 2 is 0.932 bits per heavy atom. The van der Waals surface area contributed by atoms with Gasteiger partial charge in [0.15, 0.2) is 6.04 Å². The van der Waals surface area contributed by atoms with Crippen LogP contribution in [0.15, 0.2) is 36.5 Å². The van der Waals surface area contributed by atoms with Crippen molar-refractivity contribution in [2.45, 2.75) is 225 Å². The van der Waals surface area contributed by atoms with E-state index in [4.69, 9.17) is 13.8 Å². The summed E-state index contributed by atoms with van der Waals surface area (Å²) in [6.07, 6.45) is 45.9. The number of nitrogens with one attached hydrogen (secondary N) is 1. The number of ether oxygens (including phenoxy) is 1. The third-order valence-corrected chi connectivity index (χ3v) is 11.1. The second kappa shape index (κ2) is 42.4. The number of allylic oxidation sites excluding steroid dienone is 6. The zero-order valence-corrected chi connectivity index (χ0v) is 38.2. The molecule has 0 rings (SSSR count). The first kappa shape index (κ1) is 56.7. The quantitative estimate of drug-likeness (QED) is 0.0200. The number of hydrogen-bond donors (Lipinski definition) is 4. The third-order valence-electron chi connectivity index (χ3n) is 10.2. The first-order chi connectivity index (χ1) is 28.6. The monoisotopic (exact) mass is 856 g/mol. The van der Waals surface area contributed by atoms with E-state index in [0.717, 1.165) is 70.6 Å². The van der Waals surface area contributed by atoms with Crippen LogP contribution in [0.3, 0.4) is 0 Å². The van der Waals surface area contributed by atoms with E-state index >= 15 is 0 Å². The van der Waals surface area contributed by atoms with Gasteiger partial charge in [-0.1, -0.05) is 185 Å². The number of phosphoric acid groups is 1. The number of unbranched alkanes of at least 4 members (excludes halogenated alkanes) is 24. The lowest BCUT2D eigenvalue weighted by Gasteiger charge is -2.18. The molecule has 0 aliphatic carbocycles. The van der Waals surface area contributed by atoms with Gasteiger partial charge in [0, 0.05) is 12.8 Å².